The van der Waals surface area contributed by atoms with Crippen LogP contribution >= 0.6 is 0 Å². The molecule has 0 radical (unpaired) electrons. The van der Waals surface area contributed by atoms with Crippen molar-refractivity contribution < 1.29 is 4.74 Å². The van der Waals surface area contributed by atoms with E-state index in [-0.39, 0.29) is 0 Å². The molecule has 0 amide bonds. The Labute approximate surface area is 117 Å². The van der Waals surface area contributed by atoms with E-state index in [1.165, 1.54) is 5.56 Å². The predicted octanol–water partition coefficient (Wildman–Crippen LogP) is 3.93. The fourth-order valence-corrected chi connectivity index (χ4v) is 2.02. The maximum Gasteiger partial charge on any atom is 0.119 e. The second kappa shape index (κ2) is 9.47. The summed E-state index contributed by atoms with van der Waals surface area (Å²) in [5.41, 5.74) is 1.29. The Balaban J connectivity index is 2.50. The highest BCUT2D eigenvalue weighted by molar-refractivity contribution is 5.29. The van der Waals surface area contributed by atoms with E-state index in [9.17, 15) is 0 Å². The smallest absolute Gasteiger partial charge is 0.119 e. The number of hydrogen-bond acceptors (Lipinski definition) is 2. The van der Waals surface area contributed by atoms with Crippen molar-refractivity contribution in [3.05, 3.63) is 29.8 Å². The lowest BCUT2D eigenvalue weighted by Crippen LogP contribution is -2.16. The van der Waals surface area contributed by atoms with Crippen molar-refractivity contribution in [1.82, 2.24) is 5.32 Å². The molecule has 2 heteroatoms. The van der Waals surface area contributed by atoms with Gasteiger partial charge in [-0.1, -0.05) is 25.5 Å². The van der Waals surface area contributed by atoms with Crippen LogP contribution in [0.4, 0.5) is 0 Å². The average Bonchev–Trinajstić information content (AvgIpc) is 2.45. The normalized spacial score (nSPS) is 11.8. The molecular formula is C17H25NO. The highest BCUT2D eigenvalue weighted by Gasteiger charge is 2.08. The van der Waals surface area contributed by atoms with Gasteiger partial charge in [-0.15, -0.1) is 12.3 Å². The minimum atomic E-state index is 0.373. The van der Waals surface area contributed by atoms with Gasteiger partial charge in [-0.3, -0.25) is 0 Å². The number of unbranched alkanes of at least 4 members (excludes halogenated alkanes) is 2. The Morgan fingerprint density at radius 3 is 2.58 bits per heavy atom. The van der Waals surface area contributed by atoms with Crippen molar-refractivity contribution in [1.29, 1.82) is 0 Å². The molecule has 0 aliphatic heterocycles. The Hall–Kier alpha value is -1.46. The number of ether oxygens (including phenoxy) is 1. The van der Waals surface area contributed by atoms with Gasteiger partial charge in [0.1, 0.15) is 5.75 Å². The van der Waals surface area contributed by atoms with Gasteiger partial charge in [-0.2, -0.15) is 0 Å². The Kier molecular flexibility index (Phi) is 7.77. The quantitative estimate of drug-likeness (QED) is 0.536. The number of terminal acetylenes is 1. The number of hydrogen-bond donors (Lipinski definition) is 1. The van der Waals surface area contributed by atoms with E-state index < -0.39 is 0 Å². The third-order valence-electron chi connectivity index (χ3n) is 3.21. The monoisotopic (exact) mass is 259 g/mol. The first kappa shape index (κ1) is 15.6. The summed E-state index contributed by atoms with van der Waals surface area (Å²) in [6, 6.07) is 8.75. The molecule has 0 saturated carbocycles. The van der Waals surface area contributed by atoms with Gasteiger partial charge in [0.05, 0.1) is 6.61 Å². The van der Waals surface area contributed by atoms with E-state index in [2.05, 4.69) is 42.4 Å². The summed E-state index contributed by atoms with van der Waals surface area (Å²) in [7, 11) is 1.99. The lowest BCUT2D eigenvalue weighted by molar-refractivity contribution is 0.309. The number of rotatable bonds is 9. The van der Waals surface area contributed by atoms with E-state index in [1.807, 2.05) is 7.05 Å². The zero-order chi connectivity index (χ0) is 13.9. The van der Waals surface area contributed by atoms with Crippen LogP contribution < -0.4 is 10.1 Å². The zero-order valence-corrected chi connectivity index (χ0v) is 12.1. The van der Waals surface area contributed by atoms with E-state index in [0.717, 1.165) is 44.5 Å². The lowest BCUT2D eigenvalue weighted by atomic mass is 10.0. The maximum atomic E-state index is 5.67. The minimum absolute atomic E-state index is 0.373. The number of benzene rings is 1. The van der Waals surface area contributed by atoms with Crippen LogP contribution in [0.15, 0.2) is 24.3 Å². The first-order valence-corrected chi connectivity index (χ1v) is 7.15. The van der Waals surface area contributed by atoms with Crippen LogP contribution in [-0.2, 0) is 0 Å². The maximum absolute atomic E-state index is 5.67. The van der Waals surface area contributed by atoms with Crippen molar-refractivity contribution in [3.8, 4) is 18.1 Å². The largest absolute Gasteiger partial charge is 0.494 e. The van der Waals surface area contributed by atoms with E-state index >= 15 is 0 Å². The van der Waals surface area contributed by atoms with Crippen molar-refractivity contribution in [2.75, 3.05) is 13.7 Å². The van der Waals surface area contributed by atoms with Crippen molar-refractivity contribution in [3.63, 3.8) is 0 Å². The van der Waals surface area contributed by atoms with Crippen LogP contribution in [0.25, 0.3) is 0 Å². The highest BCUT2D eigenvalue weighted by Crippen LogP contribution is 2.21. The summed E-state index contributed by atoms with van der Waals surface area (Å²) in [6.45, 7) is 2.97. The molecule has 0 aromatic heterocycles. The summed E-state index contributed by atoms with van der Waals surface area (Å²) in [5, 5.41) is 3.34. The molecule has 0 spiro atoms. The summed E-state index contributed by atoms with van der Waals surface area (Å²) < 4.78 is 5.67. The first-order chi connectivity index (χ1) is 9.31. The lowest BCUT2D eigenvalue weighted by Gasteiger charge is -2.16. The molecule has 104 valence electrons. The van der Waals surface area contributed by atoms with Gasteiger partial charge >= 0.3 is 0 Å². The van der Waals surface area contributed by atoms with E-state index in [1.54, 1.807) is 0 Å². The Bertz CT molecular complexity index is 377. The Morgan fingerprint density at radius 1 is 1.26 bits per heavy atom. The van der Waals surface area contributed by atoms with Gasteiger partial charge in [-0.25, -0.2) is 0 Å². The topological polar surface area (TPSA) is 21.3 Å². The van der Waals surface area contributed by atoms with Crippen LogP contribution in [0.3, 0.4) is 0 Å². The van der Waals surface area contributed by atoms with E-state index in [4.69, 9.17) is 11.2 Å². The third kappa shape index (κ3) is 5.81. The van der Waals surface area contributed by atoms with E-state index in [0.29, 0.717) is 6.04 Å². The molecule has 0 aliphatic carbocycles. The molecule has 0 aliphatic rings. The third-order valence-corrected chi connectivity index (χ3v) is 3.21. The fraction of sp³-hybridized carbons (Fsp3) is 0.529. The van der Waals surface area contributed by atoms with Gasteiger partial charge in [-0.05, 0) is 44.0 Å². The van der Waals surface area contributed by atoms with Crippen LogP contribution in [0.2, 0.25) is 0 Å². The molecule has 1 aromatic carbocycles. The van der Waals surface area contributed by atoms with Crippen LogP contribution in [-0.4, -0.2) is 13.7 Å². The summed E-state index contributed by atoms with van der Waals surface area (Å²) in [5.74, 6) is 3.64. The SMILES string of the molecule is C#CCCCC(NC)c1ccc(OCCCC)cc1. The first-order valence-electron chi connectivity index (χ1n) is 7.15. The standard InChI is InChI=1S/C17H25NO/c1-4-6-8-9-17(18-3)15-10-12-16(13-11-15)19-14-7-5-2/h1,10-13,17-18H,5-9,14H2,2-3H3. The highest BCUT2D eigenvalue weighted by atomic mass is 16.5. The molecule has 19 heavy (non-hydrogen) atoms. The van der Waals surface area contributed by atoms with Crippen LogP contribution in [0.1, 0.15) is 50.6 Å². The second-order valence-corrected chi connectivity index (χ2v) is 4.71. The molecule has 0 heterocycles. The minimum Gasteiger partial charge on any atom is -0.494 e. The van der Waals surface area contributed by atoms with Crippen molar-refractivity contribution >= 4 is 0 Å². The summed E-state index contributed by atoms with van der Waals surface area (Å²) in [4.78, 5) is 0. The predicted molar refractivity (Wildman–Crippen MR) is 81.3 cm³/mol. The zero-order valence-electron chi connectivity index (χ0n) is 12.1. The molecule has 1 rings (SSSR count). The van der Waals surface area contributed by atoms with Crippen LogP contribution in [0, 0.1) is 12.3 Å². The van der Waals surface area contributed by atoms with Gasteiger partial charge in [0.25, 0.3) is 0 Å². The van der Waals surface area contributed by atoms with Gasteiger partial charge in [0, 0.05) is 12.5 Å². The molecule has 1 aromatic rings. The molecule has 0 bridgehead atoms. The van der Waals surface area contributed by atoms with Gasteiger partial charge in [0.2, 0.25) is 0 Å². The van der Waals surface area contributed by atoms with Crippen molar-refractivity contribution in [2.45, 2.75) is 45.1 Å². The molecule has 1 atom stereocenters. The average molecular weight is 259 g/mol. The number of nitrogens with one attached hydrogen (secondary N) is 1. The molecule has 0 saturated heterocycles. The summed E-state index contributed by atoms with van der Waals surface area (Å²) >= 11 is 0. The molecule has 2 nitrogen and oxygen atoms in total. The summed E-state index contributed by atoms with van der Waals surface area (Å²) in [6.07, 6.45) is 10.5. The Morgan fingerprint density at radius 2 is 2.00 bits per heavy atom. The van der Waals surface area contributed by atoms with Crippen LogP contribution in [0.5, 0.6) is 5.75 Å². The molecule has 0 fully saturated rings. The molecular weight excluding hydrogens is 234 g/mol. The second-order valence-electron chi connectivity index (χ2n) is 4.71. The van der Waals surface area contributed by atoms with Crippen molar-refractivity contribution in [2.24, 2.45) is 0 Å². The molecule has 1 unspecified atom stereocenters. The van der Waals surface area contributed by atoms with Gasteiger partial charge < -0.3 is 10.1 Å². The molecule has 1 N–H and O–H groups in total. The van der Waals surface area contributed by atoms with Gasteiger partial charge in [0.15, 0.2) is 0 Å². The fourth-order valence-electron chi connectivity index (χ4n) is 2.02.